The van der Waals surface area contributed by atoms with Crippen molar-refractivity contribution in [3.63, 3.8) is 0 Å². The highest BCUT2D eigenvalue weighted by atomic mass is 16.3. The first-order valence-corrected chi connectivity index (χ1v) is 12.2. The highest BCUT2D eigenvalue weighted by Crippen LogP contribution is 2.36. The Morgan fingerprint density at radius 1 is 1.08 bits per heavy atom. The molecule has 0 saturated carbocycles. The standard InChI is InChI=1S/C28H32N6O3/c1-28(2,37)18-30-24(35)14-7-9-20-17-34(21-10-5-4-6-11-21)27(32-20)25-22(19-15-31-33(3)16-19)12-8-13-23(25)26(29)36/h4-6,8,10-13,15-17,37H,7,9,14,18H2,1-3H3,(H2,29,36)(H,30,35). The zero-order valence-electron chi connectivity index (χ0n) is 21.3. The van der Waals surface area contributed by atoms with E-state index in [-0.39, 0.29) is 12.5 Å². The molecular formula is C28H32N6O3. The van der Waals surface area contributed by atoms with Crippen LogP contribution in [0.25, 0.3) is 28.2 Å². The predicted molar refractivity (Wildman–Crippen MR) is 142 cm³/mol. The molecule has 0 atom stereocenters. The fourth-order valence-corrected chi connectivity index (χ4v) is 4.14. The quantitative estimate of drug-likeness (QED) is 0.308. The molecule has 4 rings (SSSR count). The molecule has 0 bridgehead atoms. The van der Waals surface area contributed by atoms with Gasteiger partial charge in [0.2, 0.25) is 11.8 Å². The molecule has 2 amide bonds. The molecule has 2 aromatic carbocycles. The first kappa shape index (κ1) is 25.8. The number of hydrogen-bond donors (Lipinski definition) is 3. The third-order valence-corrected chi connectivity index (χ3v) is 5.91. The Kier molecular flexibility index (Phi) is 7.54. The van der Waals surface area contributed by atoms with Crippen LogP contribution >= 0.6 is 0 Å². The molecule has 9 nitrogen and oxygen atoms in total. The topological polar surface area (TPSA) is 128 Å². The largest absolute Gasteiger partial charge is 0.389 e. The maximum atomic E-state index is 12.5. The fourth-order valence-electron chi connectivity index (χ4n) is 4.14. The van der Waals surface area contributed by atoms with Gasteiger partial charge >= 0.3 is 0 Å². The number of carbonyl (C=O) groups is 2. The average Bonchev–Trinajstić information content (AvgIpc) is 3.48. The lowest BCUT2D eigenvalue weighted by atomic mass is 9.96. The van der Waals surface area contributed by atoms with E-state index in [1.807, 2.05) is 60.4 Å². The molecule has 37 heavy (non-hydrogen) atoms. The van der Waals surface area contributed by atoms with E-state index < -0.39 is 11.5 Å². The van der Waals surface area contributed by atoms with Gasteiger partial charge in [-0.05, 0) is 50.5 Å². The van der Waals surface area contributed by atoms with Gasteiger partial charge < -0.3 is 16.2 Å². The van der Waals surface area contributed by atoms with Gasteiger partial charge in [-0.3, -0.25) is 18.8 Å². The summed E-state index contributed by atoms with van der Waals surface area (Å²) in [6.07, 6.45) is 7.01. The number of nitrogens with one attached hydrogen (secondary N) is 1. The van der Waals surface area contributed by atoms with Crippen molar-refractivity contribution < 1.29 is 14.7 Å². The van der Waals surface area contributed by atoms with Crippen LogP contribution in [0.15, 0.2) is 67.1 Å². The number of hydrogen-bond acceptors (Lipinski definition) is 5. The number of aliphatic hydroxyl groups is 1. The molecule has 192 valence electrons. The Morgan fingerprint density at radius 2 is 1.84 bits per heavy atom. The average molecular weight is 501 g/mol. The summed E-state index contributed by atoms with van der Waals surface area (Å²) >= 11 is 0. The van der Waals surface area contributed by atoms with E-state index in [1.165, 1.54) is 0 Å². The summed E-state index contributed by atoms with van der Waals surface area (Å²) in [5.41, 5.74) is 9.15. The van der Waals surface area contributed by atoms with Gasteiger partial charge in [0.1, 0.15) is 5.82 Å². The molecule has 0 aliphatic rings. The zero-order chi connectivity index (χ0) is 26.6. The first-order valence-electron chi connectivity index (χ1n) is 12.2. The maximum absolute atomic E-state index is 12.5. The highest BCUT2D eigenvalue weighted by molar-refractivity contribution is 6.03. The second-order valence-corrected chi connectivity index (χ2v) is 9.70. The lowest BCUT2D eigenvalue weighted by Crippen LogP contribution is -2.38. The van der Waals surface area contributed by atoms with Crippen LogP contribution in [0.2, 0.25) is 0 Å². The molecule has 4 aromatic rings. The van der Waals surface area contributed by atoms with Crippen LogP contribution < -0.4 is 11.1 Å². The molecule has 0 fully saturated rings. The van der Waals surface area contributed by atoms with Crippen molar-refractivity contribution in [2.45, 2.75) is 38.7 Å². The van der Waals surface area contributed by atoms with E-state index in [0.29, 0.717) is 36.2 Å². The van der Waals surface area contributed by atoms with E-state index in [0.717, 1.165) is 22.5 Å². The summed E-state index contributed by atoms with van der Waals surface area (Å²) in [5.74, 6) is -0.0860. The molecule has 0 saturated heterocycles. The Morgan fingerprint density at radius 3 is 2.49 bits per heavy atom. The third kappa shape index (κ3) is 6.31. The summed E-state index contributed by atoms with van der Waals surface area (Å²) in [6.45, 7) is 3.49. The Bertz CT molecular complexity index is 1400. The SMILES string of the molecule is Cn1cc(-c2cccc(C(N)=O)c2-c2nc(CCCC(=O)NCC(C)(C)O)cn2-c2ccccc2)cn1. The summed E-state index contributed by atoms with van der Waals surface area (Å²) in [5, 5.41) is 16.9. The van der Waals surface area contributed by atoms with Gasteiger partial charge in [-0.15, -0.1) is 0 Å². The second-order valence-electron chi connectivity index (χ2n) is 9.70. The molecule has 0 unspecified atom stereocenters. The van der Waals surface area contributed by atoms with Gasteiger partial charge in [0.05, 0.1) is 23.1 Å². The number of rotatable bonds is 10. The van der Waals surface area contributed by atoms with E-state index in [9.17, 15) is 14.7 Å². The number of imidazole rings is 1. The molecule has 2 heterocycles. The number of aryl methyl sites for hydroxylation is 2. The minimum Gasteiger partial charge on any atom is -0.389 e. The lowest BCUT2D eigenvalue weighted by molar-refractivity contribution is -0.122. The number of benzene rings is 2. The van der Waals surface area contributed by atoms with Crippen molar-refractivity contribution in [2.24, 2.45) is 12.8 Å². The monoisotopic (exact) mass is 500 g/mol. The second kappa shape index (κ2) is 10.8. The normalized spacial score (nSPS) is 11.5. The minimum atomic E-state index is -0.960. The number of nitrogens with two attached hydrogens (primary N) is 1. The summed E-state index contributed by atoms with van der Waals surface area (Å²) < 4.78 is 3.65. The van der Waals surface area contributed by atoms with Crippen LogP contribution in [-0.2, 0) is 18.3 Å². The van der Waals surface area contributed by atoms with Crippen molar-refractivity contribution in [1.29, 1.82) is 0 Å². The fraction of sp³-hybridized carbons (Fsp3) is 0.286. The predicted octanol–water partition coefficient (Wildman–Crippen LogP) is 3.25. The molecule has 4 N–H and O–H groups in total. The van der Waals surface area contributed by atoms with E-state index in [2.05, 4.69) is 10.4 Å². The van der Waals surface area contributed by atoms with Gasteiger partial charge in [0.15, 0.2) is 0 Å². The van der Waals surface area contributed by atoms with Crippen LogP contribution in [0, 0.1) is 0 Å². The molecule has 0 radical (unpaired) electrons. The van der Waals surface area contributed by atoms with Gasteiger partial charge in [-0.25, -0.2) is 4.98 Å². The molecule has 2 aromatic heterocycles. The van der Waals surface area contributed by atoms with Gasteiger partial charge in [0, 0.05) is 49.2 Å². The minimum absolute atomic E-state index is 0.122. The maximum Gasteiger partial charge on any atom is 0.249 e. The molecule has 0 aliphatic heterocycles. The number of para-hydroxylation sites is 1. The summed E-state index contributed by atoms with van der Waals surface area (Å²) in [4.78, 5) is 29.7. The van der Waals surface area contributed by atoms with Crippen LogP contribution in [0.1, 0.15) is 42.7 Å². The number of nitrogens with zero attached hydrogens (tertiary/aromatic N) is 4. The van der Waals surface area contributed by atoms with Crippen molar-refractivity contribution in [1.82, 2.24) is 24.6 Å². The third-order valence-electron chi connectivity index (χ3n) is 5.91. The number of carbonyl (C=O) groups excluding carboxylic acids is 2. The zero-order valence-corrected chi connectivity index (χ0v) is 21.3. The smallest absolute Gasteiger partial charge is 0.249 e. The summed E-state index contributed by atoms with van der Waals surface area (Å²) in [7, 11) is 1.84. The van der Waals surface area contributed by atoms with Crippen LogP contribution in [0.3, 0.4) is 0 Å². The molecule has 0 aliphatic carbocycles. The highest BCUT2D eigenvalue weighted by Gasteiger charge is 2.22. The van der Waals surface area contributed by atoms with Crippen LogP contribution in [-0.4, -0.2) is 48.4 Å². The summed E-state index contributed by atoms with van der Waals surface area (Å²) in [6, 6.07) is 15.2. The number of primary amides is 1. The molecule has 0 spiro atoms. The van der Waals surface area contributed by atoms with E-state index in [4.69, 9.17) is 10.7 Å². The van der Waals surface area contributed by atoms with Crippen molar-refractivity contribution in [3.8, 4) is 28.2 Å². The van der Waals surface area contributed by atoms with Crippen molar-refractivity contribution in [2.75, 3.05) is 6.54 Å². The number of aromatic nitrogens is 4. The molecular weight excluding hydrogens is 468 g/mol. The lowest BCUT2D eigenvalue weighted by Gasteiger charge is -2.17. The number of amides is 2. The van der Waals surface area contributed by atoms with Crippen LogP contribution in [0.4, 0.5) is 0 Å². The van der Waals surface area contributed by atoms with Crippen molar-refractivity contribution in [3.05, 3.63) is 78.4 Å². The Hall–Kier alpha value is -4.24. The van der Waals surface area contributed by atoms with Gasteiger partial charge in [0.25, 0.3) is 0 Å². The molecule has 9 heteroatoms. The Balaban J connectivity index is 1.72. The van der Waals surface area contributed by atoms with Gasteiger partial charge in [-0.2, -0.15) is 5.10 Å². The van der Waals surface area contributed by atoms with E-state index >= 15 is 0 Å². The van der Waals surface area contributed by atoms with Crippen LogP contribution in [0.5, 0.6) is 0 Å². The Labute approximate surface area is 216 Å². The van der Waals surface area contributed by atoms with Crippen molar-refractivity contribution >= 4 is 11.8 Å². The van der Waals surface area contributed by atoms with Gasteiger partial charge in [-0.1, -0.05) is 30.3 Å². The first-order chi connectivity index (χ1) is 17.6. The van der Waals surface area contributed by atoms with E-state index in [1.54, 1.807) is 36.9 Å².